The summed E-state index contributed by atoms with van der Waals surface area (Å²) < 4.78 is 14.0. The molecule has 26 heavy (non-hydrogen) atoms. The lowest BCUT2D eigenvalue weighted by molar-refractivity contribution is -0.116. The molecule has 0 aliphatic carbocycles. The quantitative estimate of drug-likeness (QED) is 0.762. The standard InChI is InChI=1S/C18H20N4O3S/c1-10-12(11(2)22(3)21-10)4-5-17(23)20-18-19-13-8-14-15(9-16(13)26-18)25-7-6-24-14/h8-9H,4-7H2,1-3H3,(H,19,20,23). The van der Waals surface area contributed by atoms with E-state index in [0.717, 1.165) is 32.9 Å². The minimum atomic E-state index is -0.0519. The Hall–Kier alpha value is -2.61. The number of anilines is 1. The number of nitrogens with one attached hydrogen (secondary N) is 1. The van der Waals surface area contributed by atoms with E-state index in [4.69, 9.17) is 9.47 Å². The van der Waals surface area contributed by atoms with E-state index in [1.807, 2.05) is 37.7 Å². The zero-order valence-electron chi connectivity index (χ0n) is 15.0. The first kappa shape index (κ1) is 16.8. The highest BCUT2D eigenvalue weighted by Gasteiger charge is 2.16. The molecule has 2 aromatic heterocycles. The molecular formula is C18H20N4O3S. The molecule has 1 amide bonds. The second-order valence-corrected chi connectivity index (χ2v) is 7.33. The van der Waals surface area contributed by atoms with Crippen LogP contribution in [-0.4, -0.2) is 33.9 Å². The predicted octanol–water partition coefficient (Wildman–Crippen LogP) is 2.99. The molecule has 1 aliphatic heterocycles. The molecule has 1 aromatic carbocycles. The van der Waals surface area contributed by atoms with Gasteiger partial charge in [-0.2, -0.15) is 5.10 Å². The third kappa shape index (κ3) is 3.12. The summed E-state index contributed by atoms with van der Waals surface area (Å²) in [6.07, 6.45) is 1.06. The predicted molar refractivity (Wildman–Crippen MR) is 100 cm³/mol. The van der Waals surface area contributed by atoms with Crippen molar-refractivity contribution in [1.29, 1.82) is 0 Å². The van der Waals surface area contributed by atoms with Crippen LogP contribution in [0.4, 0.5) is 5.13 Å². The van der Waals surface area contributed by atoms with Gasteiger partial charge in [-0.25, -0.2) is 4.98 Å². The molecule has 1 N–H and O–H groups in total. The largest absolute Gasteiger partial charge is 0.486 e. The van der Waals surface area contributed by atoms with Gasteiger partial charge in [0.1, 0.15) is 13.2 Å². The fraction of sp³-hybridized carbons (Fsp3) is 0.389. The average Bonchev–Trinajstić information content (AvgIpc) is 3.10. The van der Waals surface area contributed by atoms with Crippen LogP contribution in [-0.2, 0) is 18.3 Å². The van der Waals surface area contributed by atoms with Crippen LogP contribution in [0.2, 0.25) is 0 Å². The maximum absolute atomic E-state index is 12.3. The number of aromatic nitrogens is 3. The van der Waals surface area contributed by atoms with Gasteiger partial charge in [-0.15, -0.1) is 0 Å². The number of aryl methyl sites for hydroxylation is 2. The van der Waals surface area contributed by atoms with Gasteiger partial charge in [-0.05, 0) is 25.8 Å². The van der Waals surface area contributed by atoms with Gasteiger partial charge in [0.2, 0.25) is 5.91 Å². The van der Waals surface area contributed by atoms with E-state index in [1.54, 1.807) is 0 Å². The molecule has 0 radical (unpaired) electrons. The van der Waals surface area contributed by atoms with Gasteiger partial charge in [0.25, 0.3) is 0 Å². The monoisotopic (exact) mass is 372 g/mol. The van der Waals surface area contributed by atoms with Crippen molar-refractivity contribution in [2.24, 2.45) is 7.05 Å². The first-order valence-corrected chi connectivity index (χ1v) is 9.32. The lowest BCUT2D eigenvalue weighted by Gasteiger charge is -2.17. The second kappa shape index (κ2) is 6.60. The summed E-state index contributed by atoms with van der Waals surface area (Å²) in [6.45, 7) is 5.08. The molecule has 0 atom stereocenters. The van der Waals surface area contributed by atoms with E-state index in [-0.39, 0.29) is 5.91 Å². The Balaban J connectivity index is 1.45. The number of thiazole rings is 1. The molecule has 4 rings (SSSR count). The topological polar surface area (TPSA) is 78.3 Å². The average molecular weight is 372 g/mol. The highest BCUT2D eigenvalue weighted by Crippen LogP contribution is 2.37. The second-order valence-electron chi connectivity index (χ2n) is 6.30. The van der Waals surface area contributed by atoms with Crippen LogP contribution in [0.3, 0.4) is 0 Å². The van der Waals surface area contributed by atoms with Crippen LogP contribution in [0.25, 0.3) is 10.2 Å². The van der Waals surface area contributed by atoms with Gasteiger partial charge in [-0.1, -0.05) is 11.3 Å². The van der Waals surface area contributed by atoms with Crippen molar-refractivity contribution in [3.05, 3.63) is 29.1 Å². The van der Waals surface area contributed by atoms with E-state index >= 15 is 0 Å². The highest BCUT2D eigenvalue weighted by molar-refractivity contribution is 7.22. The van der Waals surface area contributed by atoms with Gasteiger partial charge >= 0.3 is 0 Å². The molecular weight excluding hydrogens is 352 g/mol. The van der Waals surface area contributed by atoms with Crippen molar-refractivity contribution in [3.8, 4) is 11.5 Å². The van der Waals surface area contributed by atoms with Crippen molar-refractivity contribution < 1.29 is 14.3 Å². The summed E-state index contributed by atoms with van der Waals surface area (Å²) in [4.78, 5) is 16.8. The van der Waals surface area contributed by atoms with Crippen LogP contribution in [0.15, 0.2) is 12.1 Å². The molecule has 0 spiro atoms. The number of hydrogen-bond donors (Lipinski definition) is 1. The minimum Gasteiger partial charge on any atom is -0.486 e. The lowest BCUT2D eigenvalue weighted by atomic mass is 10.1. The Morgan fingerprint density at radius 2 is 2.00 bits per heavy atom. The van der Waals surface area contributed by atoms with Crippen molar-refractivity contribution in [2.75, 3.05) is 18.5 Å². The van der Waals surface area contributed by atoms with E-state index in [1.165, 1.54) is 11.3 Å². The molecule has 3 aromatic rings. The maximum atomic E-state index is 12.3. The number of carbonyl (C=O) groups is 1. The van der Waals surface area contributed by atoms with Crippen LogP contribution in [0.5, 0.6) is 11.5 Å². The van der Waals surface area contributed by atoms with Crippen LogP contribution < -0.4 is 14.8 Å². The molecule has 7 nitrogen and oxygen atoms in total. The first-order chi connectivity index (χ1) is 12.5. The summed E-state index contributed by atoms with van der Waals surface area (Å²) in [5, 5.41) is 7.88. The smallest absolute Gasteiger partial charge is 0.226 e. The summed E-state index contributed by atoms with van der Waals surface area (Å²) in [6, 6.07) is 3.78. The van der Waals surface area contributed by atoms with Crippen LogP contribution >= 0.6 is 11.3 Å². The highest BCUT2D eigenvalue weighted by atomic mass is 32.1. The lowest BCUT2D eigenvalue weighted by Crippen LogP contribution is -2.15. The molecule has 8 heteroatoms. The number of ether oxygens (including phenoxy) is 2. The zero-order valence-corrected chi connectivity index (χ0v) is 15.8. The number of rotatable bonds is 4. The fourth-order valence-electron chi connectivity index (χ4n) is 3.12. The van der Waals surface area contributed by atoms with E-state index < -0.39 is 0 Å². The van der Waals surface area contributed by atoms with Gasteiger partial charge in [0.05, 0.1) is 15.9 Å². The van der Waals surface area contributed by atoms with Gasteiger partial charge in [0, 0.05) is 31.3 Å². The number of nitrogens with zero attached hydrogens (tertiary/aromatic N) is 3. The van der Waals surface area contributed by atoms with Crippen LogP contribution in [0.1, 0.15) is 23.4 Å². The third-order valence-corrected chi connectivity index (χ3v) is 5.49. The van der Waals surface area contributed by atoms with E-state index in [2.05, 4.69) is 15.4 Å². The summed E-state index contributed by atoms with van der Waals surface area (Å²) >= 11 is 1.44. The van der Waals surface area contributed by atoms with Crippen molar-refractivity contribution >= 4 is 32.6 Å². The Morgan fingerprint density at radius 1 is 1.27 bits per heavy atom. The molecule has 1 aliphatic rings. The van der Waals surface area contributed by atoms with E-state index in [9.17, 15) is 4.79 Å². The summed E-state index contributed by atoms with van der Waals surface area (Å²) in [5.41, 5.74) is 4.01. The number of hydrogen-bond acceptors (Lipinski definition) is 6. The van der Waals surface area contributed by atoms with Crippen molar-refractivity contribution in [2.45, 2.75) is 26.7 Å². The summed E-state index contributed by atoms with van der Waals surface area (Å²) in [5.74, 6) is 1.38. The van der Waals surface area contributed by atoms with E-state index in [0.29, 0.717) is 36.9 Å². The molecule has 0 saturated carbocycles. The fourth-order valence-corrected chi connectivity index (χ4v) is 4.01. The number of amides is 1. The van der Waals surface area contributed by atoms with Gasteiger partial charge < -0.3 is 14.8 Å². The molecule has 3 heterocycles. The Bertz CT molecular complexity index is 949. The number of carbonyl (C=O) groups excluding carboxylic acids is 1. The molecule has 0 unspecified atom stereocenters. The molecule has 0 bridgehead atoms. The van der Waals surface area contributed by atoms with Gasteiger partial charge in [-0.3, -0.25) is 9.48 Å². The SMILES string of the molecule is Cc1nn(C)c(C)c1CCC(=O)Nc1nc2cc3c(cc2s1)OCCO3. The third-order valence-electron chi connectivity index (χ3n) is 4.56. The number of benzene rings is 1. The Morgan fingerprint density at radius 3 is 2.69 bits per heavy atom. The van der Waals surface area contributed by atoms with Crippen LogP contribution in [0, 0.1) is 13.8 Å². The zero-order chi connectivity index (χ0) is 18.3. The van der Waals surface area contributed by atoms with Crippen molar-refractivity contribution in [1.82, 2.24) is 14.8 Å². The first-order valence-electron chi connectivity index (χ1n) is 8.50. The minimum absolute atomic E-state index is 0.0519. The normalized spacial score (nSPS) is 13.2. The number of fused-ring (bicyclic) bond motifs is 2. The molecule has 0 saturated heterocycles. The van der Waals surface area contributed by atoms with Crippen molar-refractivity contribution in [3.63, 3.8) is 0 Å². The Kier molecular flexibility index (Phi) is 4.28. The molecule has 0 fully saturated rings. The Labute approximate surface area is 154 Å². The summed E-state index contributed by atoms with van der Waals surface area (Å²) in [7, 11) is 1.92. The maximum Gasteiger partial charge on any atom is 0.226 e. The molecule has 136 valence electrons. The van der Waals surface area contributed by atoms with Gasteiger partial charge in [0.15, 0.2) is 16.6 Å².